The highest BCUT2D eigenvalue weighted by Crippen LogP contribution is 2.46. The molecule has 1 aromatic rings. The molecule has 0 radical (unpaired) electrons. The molecule has 0 saturated carbocycles. The molecule has 1 saturated heterocycles. The van der Waals surface area contributed by atoms with E-state index in [1.165, 1.54) is 16.8 Å². The average molecular weight is 307 g/mol. The minimum Gasteiger partial charge on any atom is -0.348 e. The van der Waals surface area contributed by atoms with Crippen molar-refractivity contribution >= 4 is 23.2 Å². The molecule has 0 unspecified atom stereocenters. The van der Waals surface area contributed by atoms with E-state index < -0.39 is 23.1 Å². The van der Waals surface area contributed by atoms with E-state index in [2.05, 4.69) is 4.98 Å². The standard InChI is InChI=1S/C12H16Cl2N2O3/c1-3-12(6-13)7(2)9(14)10(19-12)16-5-4-8(17)15-11(16)18/h4-5,7,9-10H,3,6H2,1-2H3,(H,15,17,18)/t7-,9+,10+,12-/m0/s1. The molecule has 1 aliphatic rings. The van der Waals surface area contributed by atoms with Crippen LogP contribution in [0.4, 0.5) is 0 Å². The van der Waals surface area contributed by atoms with Crippen LogP contribution in [0.1, 0.15) is 26.5 Å². The van der Waals surface area contributed by atoms with Gasteiger partial charge in [0.1, 0.15) is 0 Å². The summed E-state index contributed by atoms with van der Waals surface area (Å²) >= 11 is 12.4. The lowest BCUT2D eigenvalue weighted by molar-refractivity contribution is -0.0723. The second-order valence-corrected chi connectivity index (χ2v) is 5.58. The van der Waals surface area contributed by atoms with E-state index >= 15 is 0 Å². The van der Waals surface area contributed by atoms with E-state index in [9.17, 15) is 9.59 Å². The highest BCUT2D eigenvalue weighted by atomic mass is 35.5. The fourth-order valence-electron chi connectivity index (χ4n) is 2.44. The molecule has 1 N–H and O–H groups in total. The summed E-state index contributed by atoms with van der Waals surface area (Å²) in [6.45, 7) is 3.93. The number of aromatic nitrogens is 2. The monoisotopic (exact) mass is 306 g/mol. The Morgan fingerprint density at radius 2 is 2.21 bits per heavy atom. The van der Waals surface area contributed by atoms with Gasteiger partial charge in [0.15, 0.2) is 6.23 Å². The molecule has 2 heterocycles. The summed E-state index contributed by atoms with van der Waals surface area (Å²) in [6, 6.07) is 1.27. The third kappa shape index (κ3) is 2.35. The van der Waals surface area contributed by atoms with Gasteiger partial charge in [0, 0.05) is 18.2 Å². The number of ether oxygens (including phenoxy) is 1. The van der Waals surface area contributed by atoms with E-state index in [-0.39, 0.29) is 11.3 Å². The number of nitrogens with zero attached hydrogens (tertiary/aromatic N) is 1. The number of hydrogen-bond donors (Lipinski definition) is 1. The molecule has 1 aromatic heterocycles. The Kier molecular flexibility index (Phi) is 4.08. The second kappa shape index (κ2) is 5.31. The molecule has 0 amide bonds. The van der Waals surface area contributed by atoms with Gasteiger partial charge in [0.25, 0.3) is 5.56 Å². The van der Waals surface area contributed by atoms with Gasteiger partial charge in [-0.2, -0.15) is 0 Å². The SMILES string of the molecule is CC[C@@]1(CCl)O[C@@H](n2ccc(=O)[nH]c2=O)[C@H](Cl)[C@@H]1C. The molecule has 1 fully saturated rings. The van der Waals surface area contributed by atoms with Crippen molar-refractivity contribution in [2.45, 2.75) is 37.5 Å². The highest BCUT2D eigenvalue weighted by Gasteiger charge is 2.51. The lowest BCUT2D eigenvalue weighted by atomic mass is 9.88. The van der Waals surface area contributed by atoms with Crippen molar-refractivity contribution in [1.29, 1.82) is 0 Å². The molecular formula is C12H16Cl2N2O3. The molecule has 0 aliphatic carbocycles. The Balaban J connectivity index is 2.42. The zero-order valence-electron chi connectivity index (χ0n) is 10.7. The van der Waals surface area contributed by atoms with Gasteiger partial charge in [0.05, 0.1) is 16.9 Å². The van der Waals surface area contributed by atoms with Crippen LogP contribution in [0.5, 0.6) is 0 Å². The van der Waals surface area contributed by atoms with Crippen LogP contribution < -0.4 is 11.2 Å². The summed E-state index contributed by atoms with van der Waals surface area (Å²) < 4.78 is 7.26. The summed E-state index contributed by atoms with van der Waals surface area (Å²) in [4.78, 5) is 25.1. The summed E-state index contributed by atoms with van der Waals surface area (Å²) in [6.07, 6.45) is 1.48. The predicted molar refractivity (Wildman–Crippen MR) is 74.0 cm³/mol. The van der Waals surface area contributed by atoms with Crippen molar-refractivity contribution in [3.63, 3.8) is 0 Å². The van der Waals surface area contributed by atoms with Crippen LogP contribution in [0.15, 0.2) is 21.9 Å². The molecule has 5 nitrogen and oxygen atoms in total. The van der Waals surface area contributed by atoms with Crippen LogP contribution in [0.3, 0.4) is 0 Å². The second-order valence-electron chi connectivity index (χ2n) is 4.81. The number of rotatable bonds is 3. The maximum Gasteiger partial charge on any atom is 0.330 e. The van der Waals surface area contributed by atoms with Crippen LogP contribution in [0, 0.1) is 5.92 Å². The number of halogens is 2. The first kappa shape index (κ1) is 14.6. The summed E-state index contributed by atoms with van der Waals surface area (Å²) in [5, 5.41) is -0.387. The molecule has 19 heavy (non-hydrogen) atoms. The van der Waals surface area contributed by atoms with E-state index in [0.29, 0.717) is 12.3 Å². The number of H-pyrrole nitrogens is 1. The molecule has 2 rings (SSSR count). The number of hydrogen-bond acceptors (Lipinski definition) is 3. The zero-order chi connectivity index (χ0) is 14.2. The van der Waals surface area contributed by atoms with Gasteiger partial charge < -0.3 is 4.74 Å². The maximum atomic E-state index is 11.8. The van der Waals surface area contributed by atoms with Crippen LogP contribution in [0.25, 0.3) is 0 Å². The third-order valence-corrected chi connectivity index (χ3v) is 4.93. The van der Waals surface area contributed by atoms with Gasteiger partial charge in [-0.15, -0.1) is 23.2 Å². The first-order chi connectivity index (χ1) is 8.95. The average Bonchev–Trinajstić information content (AvgIpc) is 2.64. The van der Waals surface area contributed by atoms with Crippen molar-refractivity contribution in [2.24, 2.45) is 5.92 Å². The van der Waals surface area contributed by atoms with Crippen LogP contribution in [-0.4, -0.2) is 26.4 Å². The summed E-state index contributed by atoms with van der Waals surface area (Å²) in [7, 11) is 0. The van der Waals surface area contributed by atoms with Gasteiger partial charge in [0.2, 0.25) is 0 Å². The van der Waals surface area contributed by atoms with Crippen LogP contribution in [0.2, 0.25) is 0 Å². The first-order valence-electron chi connectivity index (χ1n) is 6.14. The van der Waals surface area contributed by atoms with Crippen molar-refractivity contribution in [3.8, 4) is 0 Å². The smallest absolute Gasteiger partial charge is 0.330 e. The summed E-state index contributed by atoms with van der Waals surface area (Å²) in [5.41, 5.74) is -1.52. The van der Waals surface area contributed by atoms with E-state index in [0.717, 1.165) is 0 Å². The van der Waals surface area contributed by atoms with Crippen molar-refractivity contribution in [2.75, 3.05) is 5.88 Å². The molecular weight excluding hydrogens is 291 g/mol. The minimum atomic E-state index is -0.625. The molecule has 0 spiro atoms. The molecule has 106 valence electrons. The quantitative estimate of drug-likeness (QED) is 0.864. The molecule has 1 aliphatic heterocycles. The Morgan fingerprint density at radius 3 is 2.68 bits per heavy atom. The minimum absolute atomic E-state index is 0.000458. The molecule has 7 heteroatoms. The van der Waals surface area contributed by atoms with E-state index in [1.54, 1.807) is 0 Å². The third-order valence-electron chi connectivity index (χ3n) is 3.89. The number of aromatic amines is 1. The Morgan fingerprint density at radius 1 is 1.53 bits per heavy atom. The van der Waals surface area contributed by atoms with Crippen molar-refractivity contribution < 1.29 is 4.74 Å². The van der Waals surface area contributed by atoms with Gasteiger partial charge in [-0.05, 0) is 6.42 Å². The Labute approximate surface area is 120 Å². The lowest BCUT2D eigenvalue weighted by Gasteiger charge is -2.29. The zero-order valence-corrected chi connectivity index (χ0v) is 12.2. The molecule has 0 bridgehead atoms. The highest BCUT2D eigenvalue weighted by molar-refractivity contribution is 6.22. The first-order valence-corrected chi connectivity index (χ1v) is 7.11. The van der Waals surface area contributed by atoms with Gasteiger partial charge in [-0.3, -0.25) is 14.3 Å². The van der Waals surface area contributed by atoms with Crippen molar-refractivity contribution in [3.05, 3.63) is 33.1 Å². The topological polar surface area (TPSA) is 64.1 Å². The Hall–Kier alpha value is -0.780. The number of alkyl halides is 2. The maximum absolute atomic E-state index is 11.8. The largest absolute Gasteiger partial charge is 0.348 e. The van der Waals surface area contributed by atoms with Crippen LogP contribution >= 0.6 is 23.2 Å². The Bertz CT molecular complexity index is 565. The van der Waals surface area contributed by atoms with E-state index in [1.807, 2.05) is 13.8 Å². The fourth-order valence-corrected chi connectivity index (χ4v) is 3.34. The fraction of sp³-hybridized carbons (Fsp3) is 0.667. The summed E-state index contributed by atoms with van der Waals surface area (Å²) in [5.74, 6) is 0.308. The predicted octanol–water partition coefficient (Wildman–Crippen LogP) is 1.70. The van der Waals surface area contributed by atoms with Gasteiger partial charge in [-0.1, -0.05) is 13.8 Å². The molecule has 0 aromatic carbocycles. The van der Waals surface area contributed by atoms with Crippen molar-refractivity contribution in [1.82, 2.24) is 9.55 Å². The normalized spacial score (nSPS) is 34.6. The van der Waals surface area contributed by atoms with Crippen LogP contribution in [-0.2, 0) is 4.74 Å². The van der Waals surface area contributed by atoms with Gasteiger partial charge >= 0.3 is 5.69 Å². The van der Waals surface area contributed by atoms with Gasteiger partial charge in [-0.25, -0.2) is 4.79 Å². The molecule has 4 atom stereocenters. The number of nitrogens with one attached hydrogen (secondary N) is 1. The van der Waals surface area contributed by atoms with E-state index in [4.69, 9.17) is 27.9 Å². The lowest BCUT2D eigenvalue weighted by Crippen LogP contribution is -2.37.